The van der Waals surface area contributed by atoms with E-state index in [0.717, 1.165) is 49.0 Å². The number of carbonyl (C=O) groups excluding carboxylic acids is 1. The zero-order chi connectivity index (χ0) is 19.3. The van der Waals surface area contributed by atoms with Crippen molar-refractivity contribution in [2.45, 2.75) is 23.5 Å². The van der Waals surface area contributed by atoms with E-state index in [2.05, 4.69) is 29.2 Å². The fourth-order valence-corrected chi connectivity index (χ4v) is 4.53. The second kappa shape index (κ2) is 8.78. The second-order valence-corrected chi connectivity index (χ2v) is 8.48. The summed E-state index contributed by atoms with van der Waals surface area (Å²) in [6.07, 6.45) is 0.890. The van der Waals surface area contributed by atoms with Gasteiger partial charge in [0.05, 0.1) is 18.5 Å². The van der Waals surface area contributed by atoms with Gasteiger partial charge in [-0.2, -0.15) is 0 Å². The maximum absolute atomic E-state index is 12.9. The molecule has 5 nitrogen and oxygen atoms in total. The summed E-state index contributed by atoms with van der Waals surface area (Å²) in [4.78, 5) is 18.3. The molecule has 1 amide bonds. The largest absolute Gasteiger partial charge is 0.490 e. The number of amides is 1. The average Bonchev–Trinajstić information content (AvgIpc) is 2.99. The lowest BCUT2D eigenvalue weighted by Gasteiger charge is -2.37. The maximum atomic E-state index is 12.9. The number of hydrogen-bond acceptors (Lipinski definition) is 5. The van der Waals surface area contributed by atoms with Crippen LogP contribution in [0.5, 0.6) is 11.5 Å². The van der Waals surface area contributed by atoms with Gasteiger partial charge in [-0.25, -0.2) is 0 Å². The van der Waals surface area contributed by atoms with Crippen LogP contribution in [0.4, 0.5) is 5.69 Å². The lowest BCUT2D eigenvalue weighted by atomic mass is 10.2. The number of benzene rings is 2. The van der Waals surface area contributed by atoms with Gasteiger partial charge in [-0.3, -0.25) is 4.79 Å². The maximum Gasteiger partial charge on any atom is 0.235 e. The van der Waals surface area contributed by atoms with Crippen LogP contribution in [0.15, 0.2) is 53.4 Å². The van der Waals surface area contributed by atoms with E-state index in [1.807, 2.05) is 36.1 Å². The van der Waals surface area contributed by atoms with Gasteiger partial charge in [0.25, 0.3) is 0 Å². The van der Waals surface area contributed by atoms with E-state index in [1.165, 1.54) is 5.69 Å². The molecule has 2 aromatic rings. The number of rotatable bonds is 4. The van der Waals surface area contributed by atoms with Crippen LogP contribution in [0.2, 0.25) is 0 Å². The molecule has 0 saturated carbocycles. The Labute approximate surface area is 170 Å². The Bertz CT molecular complexity index is 807. The third-order valence-corrected chi connectivity index (χ3v) is 6.17. The number of carbonyl (C=O) groups is 1. The van der Waals surface area contributed by atoms with Crippen LogP contribution in [0, 0.1) is 0 Å². The van der Waals surface area contributed by atoms with Gasteiger partial charge >= 0.3 is 0 Å². The SMILES string of the molecule is C[C@@H](Sc1ccc2c(c1)OCCCO2)C(=O)N1CCN(c2ccccc2)CC1. The molecule has 2 heterocycles. The molecule has 0 aromatic heterocycles. The first kappa shape index (κ1) is 19.0. The van der Waals surface area contributed by atoms with E-state index >= 15 is 0 Å². The van der Waals surface area contributed by atoms with Crippen molar-refractivity contribution in [1.29, 1.82) is 0 Å². The minimum absolute atomic E-state index is 0.131. The van der Waals surface area contributed by atoms with E-state index in [0.29, 0.717) is 13.2 Å². The van der Waals surface area contributed by atoms with E-state index in [4.69, 9.17) is 9.47 Å². The quantitative estimate of drug-likeness (QED) is 0.735. The van der Waals surface area contributed by atoms with Gasteiger partial charge < -0.3 is 19.3 Å². The first-order valence-electron chi connectivity index (χ1n) is 9.86. The number of para-hydroxylation sites is 1. The highest BCUT2D eigenvalue weighted by molar-refractivity contribution is 8.00. The Hall–Kier alpha value is -2.34. The highest BCUT2D eigenvalue weighted by atomic mass is 32.2. The molecule has 1 fully saturated rings. The summed E-state index contributed by atoms with van der Waals surface area (Å²) in [5.74, 6) is 1.77. The fraction of sp³-hybridized carbons (Fsp3) is 0.409. The van der Waals surface area contributed by atoms with Crippen molar-refractivity contribution < 1.29 is 14.3 Å². The standard InChI is InChI=1S/C22H26N2O3S/c1-17(28-19-8-9-20-21(16-19)27-15-5-14-26-20)22(25)24-12-10-23(11-13-24)18-6-3-2-4-7-18/h2-4,6-9,16-17H,5,10-15H2,1H3/t17-/m1/s1. The third kappa shape index (κ3) is 4.38. The summed E-state index contributed by atoms with van der Waals surface area (Å²) in [5, 5.41) is -0.131. The molecule has 6 heteroatoms. The molecule has 28 heavy (non-hydrogen) atoms. The Morgan fingerprint density at radius 2 is 1.68 bits per heavy atom. The summed E-state index contributed by atoms with van der Waals surface area (Å²) < 4.78 is 11.4. The van der Waals surface area contributed by atoms with Crippen molar-refractivity contribution in [1.82, 2.24) is 4.90 Å². The number of anilines is 1. The van der Waals surface area contributed by atoms with Gasteiger partial charge in [0.2, 0.25) is 5.91 Å². The minimum Gasteiger partial charge on any atom is -0.490 e. The molecule has 2 aliphatic heterocycles. The van der Waals surface area contributed by atoms with Crippen LogP contribution >= 0.6 is 11.8 Å². The van der Waals surface area contributed by atoms with Crippen LogP contribution in [0.25, 0.3) is 0 Å². The summed E-state index contributed by atoms with van der Waals surface area (Å²) in [7, 11) is 0. The van der Waals surface area contributed by atoms with Gasteiger partial charge in [0.1, 0.15) is 0 Å². The molecule has 0 bridgehead atoms. The highest BCUT2D eigenvalue weighted by Gasteiger charge is 2.26. The lowest BCUT2D eigenvalue weighted by molar-refractivity contribution is -0.130. The normalized spacial score (nSPS) is 17.8. The second-order valence-electron chi connectivity index (χ2n) is 7.07. The Morgan fingerprint density at radius 3 is 2.43 bits per heavy atom. The summed E-state index contributed by atoms with van der Waals surface area (Å²) in [6, 6.07) is 16.3. The molecule has 0 spiro atoms. The Morgan fingerprint density at radius 1 is 0.964 bits per heavy atom. The number of piperazine rings is 1. The highest BCUT2D eigenvalue weighted by Crippen LogP contribution is 2.35. The molecule has 0 N–H and O–H groups in total. The molecule has 2 aliphatic rings. The van der Waals surface area contributed by atoms with Crippen molar-refractivity contribution in [2.24, 2.45) is 0 Å². The smallest absolute Gasteiger partial charge is 0.235 e. The van der Waals surface area contributed by atoms with Crippen molar-refractivity contribution >= 4 is 23.4 Å². The Balaban J connectivity index is 1.33. The van der Waals surface area contributed by atoms with Crippen molar-refractivity contribution in [3.8, 4) is 11.5 Å². The first-order valence-corrected chi connectivity index (χ1v) is 10.7. The molecule has 1 saturated heterocycles. The van der Waals surface area contributed by atoms with Gasteiger partial charge in [-0.1, -0.05) is 18.2 Å². The van der Waals surface area contributed by atoms with Gasteiger partial charge in [-0.05, 0) is 37.3 Å². The van der Waals surface area contributed by atoms with Gasteiger partial charge in [0, 0.05) is 43.2 Å². The monoisotopic (exact) mass is 398 g/mol. The topological polar surface area (TPSA) is 42.0 Å². The number of hydrogen-bond donors (Lipinski definition) is 0. The fourth-order valence-electron chi connectivity index (χ4n) is 3.55. The van der Waals surface area contributed by atoms with E-state index in [1.54, 1.807) is 11.8 Å². The average molecular weight is 399 g/mol. The molecule has 1 atom stereocenters. The first-order chi connectivity index (χ1) is 13.7. The Kier molecular flexibility index (Phi) is 5.95. The van der Waals surface area contributed by atoms with Crippen LogP contribution in [-0.4, -0.2) is 55.4 Å². The van der Waals surface area contributed by atoms with Gasteiger partial charge in [0.15, 0.2) is 11.5 Å². The number of fused-ring (bicyclic) bond motifs is 1. The third-order valence-electron chi connectivity index (χ3n) is 5.09. The molecule has 2 aromatic carbocycles. The number of nitrogens with zero attached hydrogens (tertiary/aromatic N) is 2. The van der Waals surface area contributed by atoms with Crippen LogP contribution in [0.1, 0.15) is 13.3 Å². The molecule has 0 radical (unpaired) electrons. The van der Waals surface area contributed by atoms with Crippen molar-refractivity contribution in [3.05, 3.63) is 48.5 Å². The van der Waals surface area contributed by atoms with E-state index in [9.17, 15) is 4.79 Å². The molecule has 148 valence electrons. The number of thioether (sulfide) groups is 1. The van der Waals surface area contributed by atoms with Gasteiger partial charge in [-0.15, -0.1) is 11.8 Å². The predicted octanol–water partition coefficient (Wildman–Crippen LogP) is 3.68. The molecule has 0 unspecified atom stereocenters. The summed E-state index contributed by atoms with van der Waals surface area (Å²) >= 11 is 1.58. The summed E-state index contributed by atoms with van der Waals surface area (Å²) in [6.45, 7) is 6.61. The molecular weight excluding hydrogens is 372 g/mol. The zero-order valence-corrected chi connectivity index (χ0v) is 17.0. The van der Waals surface area contributed by atoms with Crippen LogP contribution < -0.4 is 14.4 Å². The molecular formula is C22H26N2O3S. The minimum atomic E-state index is -0.131. The number of ether oxygens (including phenoxy) is 2. The summed E-state index contributed by atoms with van der Waals surface area (Å²) in [5.41, 5.74) is 1.23. The van der Waals surface area contributed by atoms with Crippen molar-refractivity contribution in [2.75, 3.05) is 44.3 Å². The zero-order valence-electron chi connectivity index (χ0n) is 16.2. The molecule has 4 rings (SSSR count). The van der Waals surface area contributed by atoms with Crippen molar-refractivity contribution in [3.63, 3.8) is 0 Å². The van der Waals surface area contributed by atoms with Crippen LogP contribution in [0.3, 0.4) is 0 Å². The predicted molar refractivity (Wildman–Crippen MR) is 113 cm³/mol. The van der Waals surface area contributed by atoms with E-state index in [-0.39, 0.29) is 11.2 Å². The van der Waals surface area contributed by atoms with E-state index < -0.39 is 0 Å². The molecule has 0 aliphatic carbocycles. The van der Waals surface area contributed by atoms with Crippen LogP contribution in [-0.2, 0) is 4.79 Å². The lowest BCUT2D eigenvalue weighted by Crippen LogP contribution is -2.50.